The number of aryl methyl sites for hydroxylation is 1. The van der Waals surface area contributed by atoms with Crippen LogP contribution in [0.25, 0.3) is 27.8 Å². The first-order valence-electron chi connectivity index (χ1n) is 10.5. The van der Waals surface area contributed by atoms with Crippen molar-refractivity contribution in [3.8, 4) is 16.9 Å². The van der Waals surface area contributed by atoms with Crippen LogP contribution in [0.4, 0.5) is 5.82 Å². The third-order valence-corrected chi connectivity index (χ3v) is 5.37. The highest BCUT2D eigenvalue weighted by Crippen LogP contribution is 2.25. The van der Waals surface area contributed by atoms with Crippen LogP contribution in [0, 0.1) is 6.92 Å². The number of nitrogens with zero attached hydrogens (tertiary/aromatic N) is 4. The molecule has 0 unspecified atom stereocenters. The largest absolute Gasteiger partial charge is 0.309 e. The Labute approximate surface area is 190 Å². The Morgan fingerprint density at radius 2 is 1.67 bits per heavy atom. The molecule has 162 valence electrons. The van der Waals surface area contributed by atoms with Crippen LogP contribution in [-0.4, -0.2) is 25.2 Å². The lowest BCUT2D eigenvalue weighted by atomic mass is 10.1. The van der Waals surface area contributed by atoms with E-state index in [4.69, 9.17) is 5.10 Å². The summed E-state index contributed by atoms with van der Waals surface area (Å²) in [5.74, 6) is 0.172. The lowest BCUT2D eigenvalue weighted by Gasteiger charge is -2.10. The van der Waals surface area contributed by atoms with E-state index >= 15 is 0 Å². The number of nitrogens with one attached hydrogen (secondary N) is 1. The molecule has 0 radical (unpaired) electrons. The number of hydrogen-bond acceptors (Lipinski definition) is 4. The van der Waals surface area contributed by atoms with Crippen molar-refractivity contribution in [3.05, 3.63) is 107 Å². The van der Waals surface area contributed by atoms with Crippen LogP contribution in [0.2, 0.25) is 0 Å². The molecule has 33 heavy (non-hydrogen) atoms. The van der Waals surface area contributed by atoms with Crippen molar-refractivity contribution >= 4 is 22.6 Å². The van der Waals surface area contributed by atoms with E-state index in [-0.39, 0.29) is 18.0 Å². The maximum Gasteiger partial charge on any atom is 0.261 e. The van der Waals surface area contributed by atoms with E-state index in [2.05, 4.69) is 10.3 Å². The van der Waals surface area contributed by atoms with Crippen molar-refractivity contribution in [2.75, 3.05) is 5.32 Å². The Morgan fingerprint density at radius 3 is 2.45 bits per heavy atom. The summed E-state index contributed by atoms with van der Waals surface area (Å²) in [4.78, 5) is 29.9. The first kappa shape index (κ1) is 20.4. The molecule has 5 rings (SSSR count). The smallest absolute Gasteiger partial charge is 0.261 e. The monoisotopic (exact) mass is 435 g/mol. The average Bonchev–Trinajstić information content (AvgIpc) is 3.25. The van der Waals surface area contributed by atoms with Crippen LogP contribution in [0.15, 0.2) is 96.1 Å². The van der Waals surface area contributed by atoms with Gasteiger partial charge in [0.25, 0.3) is 5.56 Å². The molecule has 3 aromatic carbocycles. The second kappa shape index (κ2) is 8.55. The Kier molecular flexibility index (Phi) is 5.28. The summed E-state index contributed by atoms with van der Waals surface area (Å²) in [7, 11) is 0. The number of amides is 1. The molecular formula is C26H21N5O2. The molecular weight excluding hydrogens is 414 g/mol. The number of carbonyl (C=O) groups is 1. The van der Waals surface area contributed by atoms with Crippen LogP contribution < -0.4 is 10.9 Å². The minimum atomic E-state index is -0.346. The summed E-state index contributed by atoms with van der Waals surface area (Å²) in [6, 6.07) is 26.5. The molecule has 0 aliphatic carbocycles. The van der Waals surface area contributed by atoms with Gasteiger partial charge in [-0.15, -0.1) is 0 Å². The summed E-state index contributed by atoms with van der Waals surface area (Å²) in [6.07, 6.45) is 1.40. The van der Waals surface area contributed by atoms with E-state index in [0.717, 1.165) is 22.5 Å². The van der Waals surface area contributed by atoms with Gasteiger partial charge < -0.3 is 5.32 Å². The van der Waals surface area contributed by atoms with E-state index in [1.165, 1.54) is 10.9 Å². The van der Waals surface area contributed by atoms with Gasteiger partial charge in [0, 0.05) is 11.6 Å². The van der Waals surface area contributed by atoms with Crippen LogP contribution in [-0.2, 0) is 11.3 Å². The van der Waals surface area contributed by atoms with Gasteiger partial charge in [-0.2, -0.15) is 5.10 Å². The number of para-hydroxylation sites is 2. The van der Waals surface area contributed by atoms with E-state index < -0.39 is 0 Å². The molecule has 2 heterocycles. The van der Waals surface area contributed by atoms with Crippen molar-refractivity contribution in [3.63, 3.8) is 0 Å². The molecule has 0 aliphatic heterocycles. The fourth-order valence-corrected chi connectivity index (χ4v) is 3.66. The van der Waals surface area contributed by atoms with Crippen LogP contribution in [0.3, 0.4) is 0 Å². The Balaban J connectivity index is 1.47. The lowest BCUT2D eigenvalue weighted by molar-refractivity contribution is -0.116. The standard InChI is InChI=1S/C26H21N5O2/c1-18-11-13-19(14-12-18)23-15-24(31(29-23)20-7-3-2-4-8-20)28-25(32)16-30-17-27-22-10-6-5-9-21(22)26(30)33/h2-15,17H,16H2,1H3,(H,28,32). The molecule has 0 fully saturated rings. The lowest BCUT2D eigenvalue weighted by Crippen LogP contribution is -2.28. The molecule has 5 aromatic rings. The van der Waals surface area contributed by atoms with Gasteiger partial charge in [-0.25, -0.2) is 9.67 Å². The summed E-state index contributed by atoms with van der Waals surface area (Å²) in [5.41, 5.74) is 4.00. The fraction of sp³-hybridized carbons (Fsp3) is 0.0769. The fourth-order valence-electron chi connectivity index (χ4n) is 3.66. The number of aromatic nitrogens is 4. The average molecular weight is 435 g/mol. The van der Waals surface area contributed by atoms with Gasteiger partial charge in [-0.05, 0) is 31.2 Å². The summed E-state index contributed by atoms with van der Waals surface area (Å²) in [5, 5.41) is 8.10. The Bertz CT molecular complexity index is 1500. The quantitative estimate of drug-likeness (QED) is 0.449. The van der Waals surface area contributed by atoms with E-state index in [0.29, 0.717) is 16.7 Å². The predicted octanol–water partition coefficient (Wildman–Crippen LogP) is 4.20. The summed E-state index contributed by atoms with van der Waals surface area (Å²) in [6.45, 7) is 1.87. The number of anilines is 1. The highest BCUT2D eigenvalue weighted by atomic mass is 16.2. The number of fused-ring (bicyclic) bond motifs is 1. The zero-order valence-electron chi connectivity index (χ0n) is 18.0. The topological polar surface area (TPSA) is 81.8 Å². The molecule has 0 saturated carbocycles. The first-order valence-corrected chi connectivity index (χ1v) is 10.5. The minimum Gasteiger partial charge on any atom is -0.309 e. The molecule has 1 N–H and O–H groups in total. The molecule has 7 nitrogen and oxygen atoms in total. The van der Waals surface area contributed by atoms with Crippen LogP contribution in [0.5, 0.6) is 0 Å². The van der Waals surface area contributed by atoms with Gasteiger partial charge in [0.2, 0.25) is 5.91 Å². The molecule has 1 amide bonds. The zero-order valence-corrected chi connectivity index (χ0v) is 18.0. The number of benzene rings is 3. The maximum atomic E-state index is 12.9. The minimum absolute atomic E-state index is 0.156. The molecule has 0 bridgehead atoms. The highest BCUT2D eigenvalue weighted by Gasteiger charge is 2.15. The SMILES string of the molecule is Cc1ccc(-c2cc(NC(=O)Cn3cnc4ccccc4c3=O)n(-c3ccccc3)n2)cc1. The number of hydrogen-bond donors (Lipinski definition) is 1. The summed E-state index contributed by atoms with van der Waals surface area (Å²) >= 11 is 0. The van der Waals surface area contributed by atoms with Crippen molar-refractivity contribution in [1.82, 2.24) is 19.3 Å². The maximum absolute atomic E-state index is 12.9. The summed E-state index contributed by atoms with van der Waals surface area (Å²) < 4.78 is 3.00. The third kappa shape index (κ3) is 4.16. The molecule has 0 saturated heterocycles. The highest BCUT2D eigenvalue weighted by molar-refractivity contribution is 5.91. The van der Waals surface area contributed by atoms with Crippen molar-refractivity contribution in [2.24, 2.45) is 0 Å². The van der Waals surface area contributed by atoms with Crippen molar-refractivity contribution in [1.29, 1.82) is 0 Å². The van der Waals surface area contributed by atoms with E-state index in [9.17, 15) is 9.59 Å². The van der Waals surface area contributed by atoms with Gasteiger partial charge in [-0.1, -0.05) is 60.2 Å². The van der Waals surface area contributed by atoms with Crippen LogP contribution >= 0.6 is 0 Å². The van der Waals surface area contributed by atoms with Gasteiger partial charge in [0.05, 0.1) is 28.6 Å². The van der Waals surface area contributed by atoms with Gasteiger partial charge in [-0.3, -0.25) is 14.2 Å². The molecule has 0 atom stereocenters. The van der Waals surface area contributed by atoms with E-state index in [1.807, 2.05) is 73.7 Å². The normalized spacial score (nSPS) is 10.9. The second-order valence-corrected chi connectivity index (χ2v) is 7.77. The van der Waals surface area contributed by atoms with Gasteiger partial charge in [0.1, 0.15) is 12.4 Å². The van der Waals surface area contributed by atoms with Crippen molar-refractivity contribution in [2.45, 2.75) is 13.5 Å². The number of rotatable bonds is 5. The van der Waals surface area contributed by atoms with Crippen molar-refractivity contribution < 1.29 is 4.79 Å². The second-order valence-electron chi connectivity index (χ2n) is 7.77. The van der Waals surface area contributed by atoms with Crippen LogP contribution in [0.1, 0.15) is 5.56 Å². The van der Waals surface area contributed by atoms with E-state index in [1.54, 1.807) is 22.9 Å². The molecule has 7 heteroatoms. The third-order valence-electron chi connectivity index (χ3n) is 5.37. The number of carbonyl (C=O) groups excluding carboxylic acids is 1. The molecule has 0 spiro atoms. The van der Waals surface area contributed by atoms with Gasteiger partial charge >= 0.3 is 0 Å². The Morgan fingerprint density at radius 1 is 0.939 bits per heavy atom. The zero-order chi connectivity index (χ0) is 22.8. The predicted molar refractivity (Wildman–Crippen MR) is 128 cm³/mol. The molecule has 2 aromatic heterocycles. The first-order chi connectivity index (χ1) is 16.1. The van der Waals surface area contributed by atoms with Gasteiger partial charge in [0.15, 0.2) is 0 Å². The molecule has 0 aliphatic rings. The Hall–Kier alpha value is -4.52.